The van der Waals surface area contributed by atoms with Gasteiger partial charge in [0.1, 0.15) is 0 Å². The number of carbonyl (C=O) groups excluding carboxylic acids is 1. The van der Waals surface area contributed by atoms with Gasteiger partial charge in [-0.25, -0.2) is 5.01 Å². The third kappa shape index (κ3) is 2.02. The van der Waals surface area contributed by atoms with Gasteiger partial charge in [-0.1, -0.05) is 34.1 Å². The Balaban J connectivity index is 2.18. The van der Waals surface area contributed by atoms with E-state index in [9.17, 15) is 4.79 Å². The van der Waals surface area contributed by atoms with Crippen LogP contribution < -0.4 is 0 Å². The molecule has 4 heteroatoms. The van der Waals surface area contributed by atoms with Crippen molar-refractivity contribution in [3.63, 3.8) is 0 Å². The van der Waals surface area contributed by atoms with Gasteiger partial charge in [-0.3, -0.25) is 4.79 Å². The molecule has 1 amide bonds. The summed E-state index contributed by atoms with van der Waals surface area (Å²) in [5.74, 6) is -0.00394. The zero-order valence-corrected chi connectivity index (χ0v) is 10.9. The minimum Gasteiger partial charge on any atom is -0.272 e. The normalized spacial score (nSPS) is 20.2. The number of carbonyl (C=O) groups is 1. The van der Waals surface area contributed by atoms with Crippen LogP contribution in [0, 0.1) is 5.92 Å². The van der Waals surface area contributed by atoms with E-state index in [4.69, 9.17) is 0 Å². The Hall–Kier alpha value is -1.16. The second kappa shape index (κ2) is 4.37. The van der Waals surface area contributed by atoms with Crippen LogP contribution in [0.2, 0.25) is 0 Å². The molecule has 2 rings (SSSR count). The molecule has 1 aromatic carbocycles. The monoisotopic (exact) mass is 280 g/mol. The zero-order chi connectivity index (χ0) is 11.7. The molecule has 0 aromatic heterocycles. The molecule has 0 saturated carbocycles. The van der Waals surface area contributed by atoms with Crippen molar-refractivity contribution in [1.29, 1.82) is 0 Å². The Labute approximate surface area is 103 Å². The summed E-state index contributed by atoms with van der Waals surface area (Å²) < 4.78 is 1.01. The van der Waals surface area contributed by atoms with E-state index in [0.717, 1.165) is 15.7 Å². The van der Waals surface area contributed by atoms with Crippen molar-refractivity contribution in [3.05, 3.63) is 34.3 Å². The third-order valence-corrected chi connectivity index (χ3v) is 3.58. The lowest BCUT2D eigenvalue weighted by molar-refractivity contribution is -0.131. The molecule has 1 aliphatic rings. The van der Waals surface area contributed by atoms with Crippen molar-refractivity contribution in [1.82, 2.24) is 5.01 Å². The Kier molecular flexibility index (Phi) is 3.10. The van der Waals surface area contributed by atoms with Gasteiger partial charge >= 0.3 is 0 Å². The first kappa shape index (κ1) is 11.3. The van der Waals surface area contributed by atoms with E-state index < -0.39 is 0 Å². The molecule has 1 atom stereocenters. The zero-order valence-electron chi connectivity index (χ0n) is 9.27. The van der Waals surface area contributed by atoms with Crippen molar-refractivity contribution in [3.8, 4) is 0 Å². The van der Waals surface area contributed by atoms with Crippen LogP contribution in [-0.4, -0.2) is 16.6 Å². The standard InChI is InChI=1S/C12H13BrN2O/c1-8-9(2)14-15(12(8)16)7-10-5-3-4-6-11(10)13/h3-6,8H,7H2,1-2H3. The number of hydrogen-bond acceptors (Lipinski definition) is 2. The second-order valence-corrected chi connectivity index (χ2v) is 4.80. The Morgan fingerprint density at radius 2 is 2.12 bits per heavy atom. The van der Waals surface area contributed by atoms with Crippen molar-refractivity contribution in [2.45, 2.75) is 20.4 Å². The molecule has 0 radical (unpaired) electrons. The second-order valence-electron chi connectivity index (χ2n) is 3.95. The van der Waals surface area contributed by atoms with Gasteiger partial charge in [0, 0.05) is 10.2 Å². The molecule has 0 saturated heterocycles. The molecular formula is C12H13BrN2O. The topological polar surface area (TPSA) is 32.7 Å². The fourth-order valence-corrected chi connectivity index (χ4v) is 2.04. The van der Waals surface area contributed by atoms with Gasteiger partial charge in [-0.2, -0.15) is 5.10 Å². The lowest BCUT2D eigenvalue weighted by atomic mass is 10.1. The van der Waals surface area contributed by atoms with Crippen molar-refractivity contribution >= 4 is 27.5 Å². The van der Waals surface area contributed by atoms with Gasteiger partial charge in [-0.05, 0) is 25.5 Å². The number of benzene rings is 1. The van der Waals surface area contributed by atoms with Crippen LogP contribution in [0.3, 0.4) is 0 Å². The van der Waals surface area contributed by atoms with Crippen LogP contribution in [0.4, 0.5) is 0 Å². The molecule has 1 unspecified atom stereocenters. The maximum atomic E-state index is 11.8. The summed E-state index contributed by atoms with van der Waals surface area (Å²) in [5, 5.41) is 5.81. The fourth-order valence-electron chi connectivity index (χ4n) is 1.63. The highest BCUT2D eigenvalue weighted by Gasteiger charge is 2.29. The van der Waals surface area contributed by atoms with Gasteiger partial charge in [-0.15, -0.1) is 0 Å². The van der Waals surface area contributed by atoms with Crippen LogP contribution in [-0.2, 0) is 11.3 Å². The highest BCUT2D eigenvalue weighted by atomic mass is 79.9. The fraction of sp³-hybridized carbons (Fsp3) is 0.333. The van der Waals surface area contributed by atoms with E-state index in [2.05, 4.69) is 21.0 Å². The van der Waals surface area contributed by atoms with Crippen LogP contribution in [0.1, 0.15) is 19.4 Å². The Morgan fingerprint density at radius 1 is 1.44 bits per heavy atom. The summed E-state index contributed by atoms with van der Waals surface area (Å²) >= 11 is 3.47. The van der Waals surface area contributed by atoms with Crippen LogP contribution in [0.25, 0.3) is 0 Å². The van der Waals surface area contributed by atoms with Crippen molar-refractivity contribution in [2.75, 3.05) is 0 Å². The van der Waals surface area contributed by atoms with E-state index in [1.54, 1.807) is 5.01 Å². The summed E-state index contributed by atoms with van der Waals surface area (Å²) in [7, 11) is 0. The number of hydrazone groups is 1. The van der Waals surface area contributed by atoms with Crippen LogP contribution in [0.5, 0.6) is 0 Å². The van der Waals surface area contributed by atoms with Crippen LogP contribution >= 0.6 is 15.9 Å². The molecule has 16 heavy (non-hydrogen) atoms. The first-order valence-electron chi connectivity index (χ1n) is 5.19. The summed E-state index contributed by atoms with van der Waals surface area (Å²) in [4.78, 5) is 11.8. The smallest absolute Gasteiger partial charge is 0.251 e. The highest BCUT2D eigenvalue weighted by molar-refractivity contribution is 9.10. The highest BCUT2D eigenvalue weighted by Crippen LogP contribution is 2.22. The van der Waals surface area contributed by atoms with Crippen molar-refractivity contribution < 1.29 is 4.79 Å². The predicted octanol–water partition coefficient (Wildman–Crippen LogP) is 2.80. The first-order chi connectivity index (χ1) is 7.59. The molecule has 84 valence electrons. The number of hydrogen-bond donors (Lipinski definition) is 0. The molecule has 1 heterocycles. The minimum atomic E-state index is -0.0810. The van der Waals surface area contributed by atoms with Crippen molar-refractivity contribution in [2.24, 2.45) is 11.0 Å². The summed E-state index contributed by atoms with van der Waals surface area (Å²) in [6.07, 6.45) is 0. The van der Waals surface area contributed by atoms with Gasteiger partial charge < -0.3 is 0 Å². The number of amides is 1. The lowest BCUT2D eigenvalue weighted by Gasteiger charge is -2.13. The van der Waals surface area contributed by atoms with Gasteiger partial charge in [0.25, 0.3) is 5.91 Å². The van der Waals surface area contributed by atoms with E-state index in [1.807, 2.05) is 38.1 Å². The number of nitrogens with zero attached hydrogens (tertiary/aromatic N) is 2. The van der Waals surface area contributed by atoms with E-state index in [0.29, 0.717) is 6.54 Å². The molecule has 0 fully saturated rings. The molecule has 0 spiro atoms. The molecule has 0 aliphatic carbocycles. The van der Waals surface area contributed by atoms with Gasteiger partial charge in [0.05, 0.1) is 12.5 Å². The maximum Gasteiger partial charge on any atom is 0.251 e. The minimum absolute atomic E-state index is 0.0771. The molecular weight excluding hydrogens is 268 g/mol. The maximum absolute atomic E-state index is 11.8. The summed E-state index contributed by atoms with van der Waals surface area (Å²) in [6, 6.07) is 7.87. The Bertz CT molecular complexity index is 456. The number of halogens is 1. The molecule has 3 nitrogen and oxygen atoms in total. The SMILES string of the molecule is CC1=NN(Cc2ccccc2Br)C(=O)C1C. The molecule has 0 bridgehead atoms. The van der Waals surface area contributed by atoms with E-state index in [-0.39, 0.29) is 11.8 Å². The third-order valence-electron chi connectivity index (χ3n) is 2.81. The number of rotatable bonds is 2. The van der Waals surface area contributed by atoms with Crippen LogP contribution in [0.15, 0.2) is 33.8 Å². The van der Waals surface area contributed by atoms with E-state index in [1.165, 1.54) is 0 Å². The molecule has 1 aromatic rings. The largest absolute Gasteiger partial charge is 0.272 e. The summed E-state index contributed by atoms with van der Waals surface area (Å²) in [6.45, 7) is 4.31. The first-order valence-corrected chi connectivity index (χ1v) is 5.99. The Morgan fingerprint density at radius 3 is 2.69 bits per heavy atom. The van der Waals surface area contributed by atoms with E-state index >= 15 is 0 Å². The molecule has 0 N–H and O–H groups in total. The average Bonchev–Trinajstić information content (AvgIpc) is 2.50. The molecule has 1 aliphatic heterocycles. The predicted molar refractivity (Wildman–Crippen MR) is 67.0 cm³/mol. The lowest BCUT2D eigenvalue weighted by Crippen LogP contribution is -2.25. The summed E-state index contributed by atoms with van der Waals surface area (Å²) in [5.41, 5.74) is 1.96. The van der Waals surface area contributed by atoms with Gasteiger partial charge in [0.15, 0.2) is 0 Å². The van der Waals surface area contributed by atoms with Gasteiger partial charge in [0.2, 0.25) is 0 Å². The average molecular weight is 281 g/mol. The quantitative estimate of drug-likeness (QED) is 0.820.